The minimum atomic E-state index is 0.550. The molecule has 2 heteroatoms. The summed E-state index contributed by atoms with van der Waals surface area (Å²) in [6, 6.07) is 0.744. The van der Waals surface area contributed by atoms with Gasteiger partial charge in [-0.2, -0.15) is 0 Å². The number of hydrogen-bond acceptors (Lipinski definition) is 2. The molecule has 0 saturated heterocycles. The summed E-state index contributed by atoms with van der Waals surface area (Å²) in [6.07, 6.45) is 5.58. The van der Waals surface area contributed by atoms with Crippen LogP contribution >= 0.6 is 0 Å². The standard InChI is InChI=1S/C10H21NO/c1-3-5-6-11-9-7-10(8-9)12-4-2/h9-11H,3-8H2,1-2H3. The van der Waals surface area contributed by atoms with Crippen molar-refractivity contribution in [2.24, 2.45) is 0 Å². The summed E-state index contributed by atoms with van der Waals surface area (Å²) < 4.78 is 5.47. The highest BCUT2D eigenvalue weighted by molar-refractivity contribution is 4.85. The Morgan fingerprint density at radius 1 is 1.33 bits per heavy atom. The Balaban J connectivity index is 1.88. The summed E-state index contributed by atoms with van der Waals surface area (Å²) in [7, 11) is 0. The van der Waals surface area contributed by atoms with Crippen molar-refractivity contribution in [2.75, 3.05) is 13.2 Å². The third-order valence-electron chi connectivity index (χ3n) is 2.46. The Labute approximate surface area is 75.7 Å². The molecule has 0 aromatic heterocycles. The van der Waals surface area contributed by atoms with Crippen LogP contribution in [0, 0.1) is 0 Å². The fraction of sp³-hybridized carbons (Fsp3) is 1.00. The van der Waals surface area contributed by atoms with E-state index in [2.05, 4.69) is 19.2 Å². The first-order valence-corrected chi connectivity index (χ1v) is 5.21. The molecule has 1 saturated carbocycles. The third kappa shape index (κ3) is 3.11. The van der Waals surface area contributed by atoms with E-state index in [1.54, 1.807) is 0 Å². The Hall–Kier alpha value is -0.0800. The van der Waals surface area contributed by atoms with Crippen LogP contribution in [0.4, 0.5) is 0 Å². The van der Waals surface area contributed by atoms with Gasteiger partial charge in [0.1, 0.15) is 0 Å². The summed E-state index contributed by atoms with van der Waals surface area (Å²) in [4.78, 5) is 0. The number of nitrogens with one attached hydrogen (secondary N) is 1. The summed E-state index contributed by atoms with van der Waals surface area (Å²) >= 11 is 0. The van der Waals surface area contributed by atoms with E-state index in [0.717, 1.165) is 12.6 Å². The Bertz CT molecular complexity index is 108. The van der Waals surface area contributed by atoms with Crippen molar-refractivity contribution in [1.29, 1.82) is 0 Å². The zero-order valence-electron chi connectivity index (χ0n) is 8.31. The molecule has 0 unspecified atom stereocenters. The molecule has 0 aliphatic heterocycles. The molecule has 0 radical (unpaired) electrons. The lowest BCUT2D eigenvalue weighted by molar-refractivity contribution is -0.00973. The van der Waals surface area contributed by atoms with Gasteiger partial charge in [0.25, 0.3) is 0 Å². The van der Waals surface area contributed by atoms with Crippen LogP contribution in [0.1, 0.15) is 39.5 Å². The van der Waals surface area contributed by atoms with Gasteiger partial charge in [0.2, 0.25) is 0 Å². The second-order valence-corrected chi connectivity index (χ2v) is 3.55. The van der Waals surface area contributed by atoms with Gasteiger partial charge >= 0.3 is 0 Å². The zero-order valence-corrected chi connectivity index (χ0v) is 8.31. The number of ether oxygens (including phenoxy) is 1. The third-order valence-corrected chi connectivity index (χ3v) is 2.46. The lowest BCUT2D eigenvalue weighted by Crippen LogP contribution is -2.45. The molecular weight excluding hydrogens is 150 g/mol. The summed E-state index contributed by atoms with van der Waals surface area (Å²) in [5.41, 5.74) is 0. The minimum absolute atomic E-state index is 0.550. The molecule has 0 heterocycles. The molecule has 1 rings (SSSR count). The zero-order chi connectivity index (χ0) is 8.81. The molecule has 0 aromatic rings. The minimum Gasteiger partial charge on any atom is -0.378 e. The summed E-state index contributed by atoms with van der Waals surface area (Å²) in [6.45, 7) is 6.34. The van der Waals surface area contributed by atoms with Crippen LogP contribution in [-0.4, -0.2) is 25.3 Å². The first-order chi connectivity index (χ1) is 5.86. The average Bonchev–Trinajstić information content (AvgIpc) is 2.00. The van der Waals surface area contributed by atoms with Crippen molar-refractivity contribution < 1.29 is 4.74 Å². The van der Waals surface area contributed by atoms with E-state index < -0.39 is 0 Å². The largest absolute Gasteiger partial charge is 0.378 e. The van der Waals surface area contributed by atoms with E-state index in [-0.39, 0.29) is 0 Å². The molecule has 0 spiro atoms. The SMILES string of the molecule is CCCCNC1CC(OCC)C1. The normalized spacial score (nSPS) is 28.5. The first kappa shape index (κ1) is 10.0. The predicted molar refractivity (Wildman–Crippen MR) is 51.3 cm³/mol. The van der Waals surface area contributed by atoms with Gasteiger partial charge in [0, 0.05) is 12.6 Å². The van der Waals surface area contributed by atoms with Gasteiger partial charge < -0.3 is 10.1 Å². The fourth-order valence-corrected chi connectivity index (χ4v) is 1.59. The first-order valence-electron chi connectivity index (χ1n) is 5.21. The number of hydrogen-bond donors (Lipinski definition) is 1. The van der Waals surface area contributed by atoms with Gasteiger partial charge in [-0.25, -0.2) is 0 Å². The Kier molecular flexibility index (Phi) is 4.62. The van der Waals surface area contributed by atoms with Crippen molar-refractivity contribution >= 4 is 0 Å². The monoisotopic (exact) mass is 171 g/mol. The molecule has 72 valence electrons. The van der Waals surface area contributed by atoms with E-state index in [9.17, 15) is 0 Å². The summed E-state index contributed by atoms with van der Waals surface area (Å²) in [5, 5.41) is 3.53. The van der Waals surface area contributed by atoms with E-state index in [1.165, 1.54) is 32.2 Å². The van der Waals surface area contributed by atoms with Gasteiger partial charge in [-0.1, -0.05) is 13.3 Å². The molecule has 1 aliphatic carbocycles. The van der Waals surface area contributed by atoms with Crippen LogP contribution in [0.3, 0.4) is 0 Å². The molecule has 1 fully saturated rings. The van der Waals surface area contributed by atoms with Crippen molar-refractivity contribution in [3.05, 3.63) is 0 Å². The maximum atomic E-state index is 5.47. The smallest absolute Gasteiger partial charge is 0.0604 e. The number of rotatable bonds is 6. The second kappa shape index (κ2) is 5.55. The lowest BCUT2D eigenvalue weighted by atomic mass is 9.89. The highest BCUT2D eigenvalue weighted by atomic mass is 16.5. The van der Waals surface area contributed by atoms with Crippen molar-refractivity contribution in [3.63, 3.8) is 0 Å². The highest BCUT2D eigenvalue weighted by Crippen LogP contribution is 2.22. The van der Waals surface area contributed by atoms with Gasteiger partial charge in [-0.05, 0) is 32.7 Å². The van der Waals surface area contributed by atoms with E-state index in [0.29, 0.717) is 6.10 Å². The van der Waals surface area contributed by atoms with Crippen molar-refractivity contribution in [2.45, 2.75) is 51.7 Å². The molecule has 2 nitrogen and oxygen atoms in total. The van der Waals surface area contributed by atoms with Crippen LogP contribution in [0.2, 0.25) is 0 Å². The molecule has 0 aromatic carbocycles. The quantitative estimate of drug-likeness (QED) is 0.617. The predicted octanol–water partition coefficient (Wildman–Crippen LogP) is 1.94. The van der Waals surface area contributed by atoms with E-state index in [1.807, 2.05) is 0 Å². The molecular formula is C10H21NO. The van der Waals surface area contributed by atoms with E-state index >= 15 is 0 Å². The van der Waals surface area contributed by atoms with Gasteiger partial charge in [0.15, 0.2) is 0 Å². The highest BCUT2D eigenvalue weighted by Gasteiger charge is 2.28. The fourth-order valence-electron chi connectivity index (χ4n) is 1.59. The van der Waals surface area contributed by atoms with E-state index in [4.69, 9.17) is 4.74 Å². The van der Waals surface area contributed by atoms with Gasteiger partial charge in [-0.3, -0.25) is 0 Å². The Morgan fingerprint density at radius 3 is 2.67 bits per heavy atom. The lowest BCUT2D eigenvalue weighted by Gasteiger charge is -2.35. The van der Waals surface area contributed by atoms with Crippen LogP contribution in [0.5, 0.6) is 0 Å². The second-order valence-electron chi connectivity index (χ2n) is 3.55. The van der Waals surface area contributed by atoms with Gasteiger partial charge in [0.05, 0.1) is 6.10 Å². The molecule has 0 atom stereocenters. The molecule has 12 heavy (non-hydrogen) atoms. The Morgan fingerprint density at radius 2 is 2.08 bits per heavy atom. The van der Waals surface area contributed by atoms with Crippen LogP contribution < -0.4 is 5.32 Å². The topological polar surface area (TPSA) is 21.3 Å². The number of unbranched alkanes of at least 4 members (excludes halogenated alkanes) is 1. The maximum Gasteiger partial charge on any atom is 0.0604 e. The maximum absolute atomic E-state index is 5.47. The molecule has 1 N–H and O–H groups in total. The molecule has 0 bridgehead atoms. The van der Waals surface area contributed by atoms with Crippen molar-refractivity contribution in [1.82, 2.24) is 5.32 Å². The van der Waals surface area contributed by atoms with Crippen LogP contribution in [0.15, 0.2) is 0 Å². The van der Waals surface area contributed by atoms with Gasteiger partial charge in [-0.15, -0.1) is 0 Å². The molecule has 0 amide bonds. The molecule has 1 aliphatic rings. The van der Waals surface area contributed by atoms with Crippen LogP contribution in [-0.2, 0) is 4.74 Å². The average molecular weight is 171 g/mol. The summed E-state index contributed by atoms with van der Waals surface area (Å²) in [5.74, 6) is 0. The van der Waals surface area contributed by atoms with Crippen molar-refractivity contribution in [3.8, 4) is 0 Å². The van der Waals surface area contributed by atoms with Crippen LogP contribution in [0.25, 0.3) is 0 Å².